The number of fused-ring (bicyclic) bond motifs is 1. The Kier molecular flexibility index (Phi) is 5.63. The first-order valence-electron chi connectivity index (χ1n) is 9.90. The van der Waals surface area contributed by atoms with Gasteiger partial charge in [0.1, 0.15) is 12.3 Å². The summed E-state index contributed by atoms with van der Waals surface area (Å²) in [5.41, 5.74) is 4.71. The van der Waals surface area contributed by atoms with Gasteiger partial charge in [0, 0.05) is 37.6 Å². The highest BCUT2D eigenvalue weighted by molar-refractivity contribution is 6.04. The first-order chi connectivity index (χ1) is 14.6. The SMILES string of the molecule is COCC(=O)N1CCCc2ccc(NC(=O)c3cc(-c4ccccc4)nn3C)cc21. The Morgan fingerprint density at radius 3 is 2.70 bits per heavy atom. The van der Waals surface area contributed by atoms with Gasteiger partial charge in [-0.25, -0.2) is 0 Å². The Morgan fingerprint density at radius 1 is 1.13 bits per heavy atom. The molecule has 0 spiro atoms. The second kappa shape index (κ2) is 8.51. The van der Waals surface area contributed by atoms with E-state index in [-0.39, 0.29) is 18.4 Å². The van der Waals surface area contributed by atoms with Crippen LogP contribution in [0, 0.1) is 0 Å². The number of ether oxygens (including phenoxy) is 1. The smallest absolute Gasteiger partial charge is 0.273 e. The van der Waals surface area contributed by atoms with Gasteiger partial charge in [-0.1, -0.05) is 36.4 Å². The van der Waals surface area contributed by atoms with Crippen LogP contribution in [0.25, 0.3) is 11.3 Å². The average Bonchev–Trinajstić information content (AvgIpc) is 3.16. The molecule has 0 unspecified atom stereocenters. The predicted octanol–water partition coefficient (Wildman–Crippen LogP) is 3.27. The molecule has 0 saturated heterocycles. The van der Waals surface area contributed by atoms with Gasteiger partial charge in [-0.3, -0.25) is 14.3 Å². The number of aryl methyl sites for hydroxylation is 2. The van der Waals surface area contributed by atoms with Crippen molar-refractivity contribution in [2.75, 3.05) is 30.5 Å². The van der Waals surface area contributed by atoms with E-state index in [0.29, 0.717) is 17.9 Å². The molecule has 154 valence electrons. The first-order valence-corrected chi connectivity index (χ1v) is 9.90. The van der Waals surface area contributed by atoms with Crippen molar-refractivity contribution < 1.29 is 14.3 Å². The molecule has 1 N–H and O–H groups in total. The second-order valence-electron chi connectivity index (χ2n) is 7.28. The number of benzene rings is 2. The molecule has 1 aromatic heterocycles. The minimum atomic E-state index is -0.252. The van der Waals surface area contributed by atoms with Crippen LogP contribution >= 0.6 is 0 Å². The quantitative estimate of drug-likeness (QED) is 0.708. The lowest BCUT2D eigenvalue weighted by atomic mass is 10.0. The summed E-state index contributed by atoms with van der Waals surface area (Å²) >= 11 is 0. The summed E-state index contributed by atoms with van der Waals surface area (Å²) in [6.07, 6.45) is 1.81. The summed E-state index contributed by atoms with van der Waals surface area (Å²) in [6, 6.07) is 17.2. The summed E-state index contributed by atoms with van der Waals surface area (Å²) in [5.74, 6) is -0.334. The number of aromatic nitrogens is 2. The van der Waals surface area contributed by atoms with Gasteiger partial charge in [-0.2, -0.15) is 5.10 Å². The predicted molar refractivity (Wildman–Crippen MR) is 116 cm³/mol. The van der Waals surface area contributed by atoms with Gasteiger partial charge >= 0.3 is 0 Å². The van der Waals surface area contributed by atoms with Crippen molar-refractivity contribution >= 4 is 23.2 Å². The molecule has 30 heavy (non-hydrogen) atoms. The summed E-state index contributed by atoms with van der Waals surface area (Å²) < 4.78 is 6.58. The monoisotopic (exact) mass is 404 g/mol. The molecule has 0 atom stereocenters. The molecule has 0 bridgehead atoms. The first kappa shape index (κ1) is 19.8. The van der Waals surface area contributed by atoms with E-state index in [1.54, 1.807) is 22.7 Å². The number of anilines is 2. The van der Waals surface area contributed by atoms with Gasteiger partial charge < -0.3 is 15.0 Å². The number of nitrogens with one attached hydrogen (secondary N) is 1. The van der Waals surface area contributed by atoms with Crippen molar-refractivity contribution in [3.8, 4) is 11.3 Å². The Morgan fingerprint density at radius 2 is 1.93 bits per heavy atom. The summed E-state index contributed by atoms with van der Waals surface area (Å²) in [6.45, 7) is 0.683. The maximum atomic E-state index is 12.9. The number of hydrogen-bond donors (Lipinski definition) is 1. The lowest BCUT2D eigenvalue weighted by molar-refractivity contribution is -0.122. The van der Waals surface area contributed by atoms with Crippen LogP contribution in [-0.4, -0.2) is 41.9 Å². The van der Waals surface area contributed by atoms with Gasteiger partial charge in [-0.05, 0) is 36.6 Å². The average molecular weight is 404 g/mol. The van der Waals surface area contributed by atoms with E-state index in [4.69, 9.17) is 4.74 Å². The summed E-state index contributed by atoms with van der Waals surface area (Å²) in [7, 11) is 3.26. The lowest BCUT2D eigenvalue weighted by Crippen LogP contribution is -2.37. The lowest BCUT2D eigenvalue weighted by Gasteiger charge is -2.29. The van der Waals surface area contributed by atoms with Crippen LogP contribution in [-0.2, 0) is 23.0 Å². The highest BCUT2D eigenvalue weighted by atomic mass is 16.5. The Labute approximate surface area is 175 Å². The summed E-state index contributed by atoms with van der Waals surface area (Å²) in [5, 5.41) is 7.40. The third-order valence-corrected chi connectivity index (χ3v) is 5.21. The van der Waals surface area contributed by atoms with Gasteiger partial charge in [0.2, 0.25) is 0 Å². The van der Waals surface area contributed by atoms with Crippen molar-refractivity contribution in [1.82, 2.24) is 9.78 Å². The number of hydrogen-bond acceptors (Lipinski definition) is 4. The van der Waals surface area contributed by atoms with Crippen molar-refractivity contribution in [2.45, 2.75) is 12.8 Å². The molecular formula is C23H24N4O3. The molecule has 0 fully saturated rings. The van der Waals surface area contributed by atoms with E-state index >= 15 is 0 Å². The number of nitrogens with zero attached hydrogens (tertiary/aromatic N) is 3. The molecule has 1 aliphatic rings. The topological polar surface area (TPSA) is 76.5 Å². The van der Waals surface area contributed by atoms with E-state index < -0.39 is 0 Å². The molecule has 0 aliphatic carbocycles. The van der Waals surface area contributed by atoms with Gasteiger partial charge in [-0.15, -0.1) is 0 Å². The molecule has 2 amide bonds. The Bertz CT molecular complexity index is 1080. The molecule has 1 aliphatic heterocycles. The van der Waals surface area contributed by atoms with Crippen LogP contribution in [0.4, 0.5) is 11.4 Å². The highest BCUT2D eigenvalue weighted by Gasteiger charge is 2.23. The van der Waals surface area contributed by atoms with Crippen LogP contribution in [0.3, 0.4) is 0 Å². The zero-order valence-electron chi connectivity index (χ0n) is 17.1. The molecule has 4 rings (SSSR count). The van der Waals surface area contributed by atoms with Crippen LogP contribution < -0.4 is 10.2 Å². The van der Waals surface area contributed by atoms with Crippen molar-refractivity contribution in [2.24, 2.45) is 7.05 Å². The van der Waals surface area contributed by atoms with Crippen molar-refractivity contribution in [3.63, 3.8) is 0 Å². The zero-order chi connectivity index (χ0) is 21.1. The number of rotatable bonds is 5. The molecule has 0 radical (unpaired) electrons. The van der Waals surface area contributed by atoms with E-state index in [0.717, 1.165) is 35.3 Å². The minimum Gasteiger partial charge on any atom is -0.375 e. The van der Waals surface area contributed by atoms with Crippen molar-refractivity contribution in [1.29, 1.82) is 0 Å². The molecule has 2 aromatic carbocycles. The number of methoxy groups -OCH3 is 1. The standard InChI is InChI=1S/C23H24N4O3/c1-26-21(14-19(25-26)16-7-4-3-5-8-16)23(29)24-18-11-10-17-9-6-12-27(20(17)13-18)22(28)15-30-2/h3-5,7-8,10-11,13-14H,6,9,12,15H2,1-2H3,(H,24,29). The largest absolute Gasteiger partial charge is 0.375 e. The maximum absolute atomic E-state index is 12.9. The Balaban J connectivity index is 1.57. The zero-order valence-corrected chi connectivity index (χ0v) is 17.1. The van der Waals surface area contributed by atoms with E-state index in [9.17, 15) is 9.59 Å². The van der Waals surface area contributed by atoms with Gasteiger partial charge in [0.15, 0.2) is 0 Å². The fraction of sp³-hybridized carbons (Fsp3) is 0.261. The molecule has 7 heteroatoms. The number of carbonyl (C=O) groups excluding carboxylic acids is 2. The second-order valence-corrected chi connectivity index (χ2v) is 7.28. The number of amides is 2. The van der Waals surface area contributed by atoms with Crippen LogP contribution in [0.2, 0.25) is 0 Å². The molecule has 0 saturated carbocycles. The summed E-state index contributed by atoms with van der Waals surface area (Å²) in [4.78, 5) is 27.0. The molecule has 3 aromatic rings. The van der Waals surface area contributed by atoms with Crippen LogP contribution in [0.15, 0.2) is 54.6 Å². The van der Waals surface area contributed by atoms with Crippen LogP contribution in [0.1, 0.15) is 22.5 Å². The van der Waals surface area contributed by atoms with Gasteiger partial charge in [0.05, 0.1) is 5.69 Å². The van der Waals surface area contributed by atoms with Crippen molar-refractivity contribution in [3.05, 3.63) is 65.9 Å². The molecule has 7 nitrogen and oxygen atoms in total. The third kappa shape index (κ3) is 3.97. The minimum absolute atomic E-state index is 0.0350. The van der Waals surface area contributed by atoms with E-state index in [2.05, 4.69) is 10.4 Å². The van der Waals surface area contributed by atoms with E-state index in [1.807, 2.05) is 48.5 Å². The number of carbonyl (C=O) groups is 2. The maximum Gasteiger partial charge on any atom is 0.273 e. The highest BCUT2D eigenvalue weighted by Crippen LogP contribution is 2.30. The van der Waals surface area contributed by atoms with Crippen LogP contribution in [0.5, 0.6) is 0 Å². The molecule has 2 heterocycles. The fourth-order valence-corrected chi connectivity index (χ4v) is 3.74. The molecular weight excluding hydrogens is 380 g/mol. The Hall–Kier alpha value is -3.45. The van der Waals surface area contributed by atoms with E-state index in [1.165, 1.54) is 7.11 Å². The third-order valence-electron chi connectivity index (χ3n) is 5.21. The van der Waals surface area contributed by atoms with Gasteiger partial charge in [0.25, 0.3) is 11.8 Å². The fourth-order valence-electron chi connectivity index (χ4n) is 3.74. The normalized spacial score (nSPS) is 13.1.